The molecule has 0 radical (unpaired) electrons. The molecule has 0 unspecified atom stereocenters. The van der Waals surface area contributed by atoms with E-state index in [4.69, 9.17) is 15.1 Å². The van der Waals surface area contributed by atoms with Gasteiger partial charge in [-0.15, -0.1) is 5.10 Å². The lowest BCUT2D eigenvalue weighted by molar-refractivity contribution is -0.153. The van der Waals surface area contributed by atoms with Crippen molar-refractivity contribution in [1.29, 1.82) is 5.41 Å². The van der Waals surface area contributed by atoms with Gasteiger partial charge in [0.05, 0.1) is 47.3 Å². The fraction of sp³-hybridized carbons (Fsp3) is 0.469. The predicted octanol–water partition coefficient (Wildman–Crippen LogP) is 3.56. The van der Waals surface area contributed by atoms with E-state index in [1.807, 2.05) is 41.4 Å². The first-order valence-corrected chi connectivity index (χ1v) is 15.0. The SMILES string of the molecule is CC[C@@]1(C)C(=O)OCc2c1cc1n(c2=N)Cc2c-1nc1cc(F)c(C)cc1c2Cn1cc(CN2CCC(CO)CC2)nn1. The second-order valence-electron chi connectivity index (χ2n) is 12.5. The molecule has 1 fully saturated rings. The molecule has 4 aromatic rings. The zero-order valence-electron chi connectivity index (χ0n) is 24.8. The van der Waals surface area contributed by atoms with E-state index < -0.39 is 5.41 Å². The summed E-state index contributed by atoms with van der Waals surface area (Å²) in [7, 11) is 0. The molecule has 0 amide bonds. The summed E-state index contributed by atoms with van der Waals surface area (Å²) in [5.74, 6) is -0.227. The number of piperidine rings is 1. The van der Waals surface area contributed by atoms with E-state index in [-0.39, 0.29) is 25.0 Å². The summed E-state index contributed by atoms with van der Waals surface area (Å²) in [6.07, 6.45) is 4.47. The maximum absolute atomic E-state index is 14.8. The highest BCUT2D eigenvalue weighted by Gasteiger charge is 2.42. The first-order chi connectivity index (χ1) is 20.7. The van der Waals surface area contributed by atoms with Crippen LogP contribution in [0.4, 0.5) is 4.39 Å². The zero-order valence-corrected chi connectivity index (χ0v) is 24.8. The Bertz CT molecular complexity index is 1840. The minimum Gasteiger partial charge on any atom is -0.460 e. The van der Waals surface area contributed by atoms with Gasteiger partial charge in [0, 0.05) is 35.7 Å². The smallest absolute Gasteiger partial charge is 0.316 e. The van der Waals surface area contributed by atoms with Crippen LogP contribution in [0.1, 0.15) is 66.6 Å². The highest BCUT2D eigenvalue weighted by Crippen LogP contribution is 2.41. The molecule has 2 N–H and O–H groups in total. The van der Waals surface area contributed by atoms with Gasteiger partial charge in [-0.05, 0) is 80.9 Å². The van der Waals surface area contributed by atoms with Crippen LogP contribution < -0.4 is 5.49 Å². The van der Waals surface area contributed by atoms with Crippen molar-refractivity contribution in [2.45, 2.75) is 71.7 Å². The zero-order chi connectivity index (χ0) is 30.0. The number of esters is 1. The minimum atomic E-state index is -0.852. The molecule has 3 aliphatic rings. The maximum Gasteiger partial charge on any atom is 0.316 e. The Kier molecular flexibility index (Phi) is 6.70. The molecule has 1 aromatic carbocycles. The summed E-state index contributed by atoms with van der Waals surface area (Å²) in [4.78, 5) is 20.1. The number of hydrogen-bond donors (Lipinski definition) is 2. The van der Waals surface area contributed by atoms with E-state index in [9.17, 15) is 14.3 Å². The normalized spacial score (nSPS) is 20.3. The highest BCUT2D eigenvalue weighted by atomic mass is 19.1. The molecule has 3 aliphatic heterocycles. The Morgan fingerprint density at radius 3 is 2.72 bits per heavy atom. The Morgan fingerprint density at radius 2 is 1.98 bits per heavy atom. The van der Waals surface area contributed by atoms with E-state index in [0.717, 1.165) is 65.0 Å². The number of nitrogens with one attached hydrogen (secondary N) is 1. The average molecular weight is 586 g/mol. The first kappa shape index (κ1) is 27.8. The average Bonchev–Trinajstić information content (AvgIpc) is 3.61. The van der Waals surface area contributed by atoms with Crippen LogP contribution in [-0.4, -0.2) is 60.2 Å². The third kappa shape index (κ3) is 4.48. The second kappa shape index (κ2) is 10.3. The Morgan fingerprint density at radius 1 is 1.19 bits per heavy atom. The Balaban J connectivity index is 1.30. The molecular weight excluding hydrogens is 549 g/mol. The van der Waals surface area contributed by atoms with Crippen LogP contribution in [0.2, 0.25) is 0 Å². The van der Waals surface area contributed by atoms with Gasteiger partial charge in [0.25, 0.3) is 0 Å². The number of hydrogen-bond acceptors (Lipinski definition) is 8. The van der Waals surface area contributed by atoms with E-state index in [1.165, 1.54) is 6.07 Å². The van der Waals surface area contributed by atoms with Crippen molar-refractivity contribution < 1.29 is 19.0 Å². The third-order valence-electron chi connectivity index (χ3n) is 9.85. The molecule has 43 heavy (non-hydrogen) atoms. The van der Waals surface area contributed by atoms with Crippen LogP contribution >= 0.6 is 0 Å². The van der Waals surface area contributed by atoms with Crippen molar-refractivity contribution in [2.75, 3.05) is 19.7 Å². The van der Waals surface area contributed by atoms with Gasteiger partial charge >= 0.3 is 5.97 Å². The van der Waals surface area contributed by atoms with Crippen LogP contribution in [0.15, 0.2) is 24.4 Å². The number of aliphatic hydroxyl groups excluding tert-OH is 1. The first-order valence-electron chi connectivity index (χ1n) is 15.0. The van der Waals surface area contributed by atoms with Crippen LogP contribution in [0.3, 0.4) is 0 Å². The molecule has 0 aliphatic carbocycles. The predicted molar refractivity (Wildman–Crippen MR) is 156 cm³/mol. The number of nitrogens with zero attached hydrogens (tertiary/aromatic N) is 6. The number of ether oxygens (including phenoxy) is 1. The van der Waals surface area contributed by atoms with Gasteiger partial charge in [0.1, 0.15) is 17.9 Å². The number of aryl methyl sites for hydroxylation is 1. The number of rotatable bonds is 6. The standard InChI is InChI=1S/C32H36FN7O3/c1-4-32(3)25-10-28-29-23(15-40(28)30(34)24(25)17-43-31(32)42)22(21-9-18(2)26(33)11-27(21)35-29)14-39-13-20(36-37-39)12-38-7-5-19(16-41)6-8-38/h9-11,13,19,34,41H,4-8,12,14-17H2,1-3H3/t32-/m1/s1. The molecule has 0 bridgehead atoms. The fourth-order valence-electron chi connectivity index (χ4n) is 6.88. The molecule has 1 atom stereocenters. The monoisotopic (exact) mass is 585 g/mol. The molecule has 11 heteroatoms. The van der Waals surface area contributed by atoms with Crippen molar-refractivity contribution in [2.24, 2.45) is 5.92 Å². The van der Waals surface area contributed by atoms with Gasteiger partial charge in [-0.3, -0.25) is 15.1 Å². The summed E-state index contributed by atoms with van der Waals surface area (Å²) < 4.78 is 24.1. The number of halogens is 1. The molecule has 224 valence electrons. The minimum absolute atomic E-state index is 0.0747. The fourth-order valence-corrected chi connectivity index (χ4v) is 6.88. The molecule has 10 nitrogen and oxygen atoms in total. The van der Waals surface area contributed by atoms with Gasteiger partial charge in [-0.1, -0.05) is 12.1 Å². The summed E-state index contributed by atoms with van der Waals surface area (Å²) in [6, 6.07) is 5.31. The van der Waals surface area contributed by atoms with Crippen molar-refractivity contribution in [3.8, 4) is 11.4 Å². The third-order valence-corrected chi connectivity index (χ3v) is 9.85. The lowest BCUT2D eigenvalue weighted by atomic mass is 9.76. The van der Waals surface area contributed by atoms with Crippen molar-refractivity contribution in [3.05, 3.63) is 69.2 Å². The largest absolute Gasteiger partial charge is 0.460 e. The van der Waals surface area contributed by atoms with Crippen LogP contribution in [0, 0.1) is 24.1 Å². The van der Waals surface area contributed by atoms with Gasteiger partial charge in [0.15, 0.2) is 0 Å². The molecule has 3 aromatic heterocycles. The Labute approximate surface area is 248 Å². The second-order valence-corrected chi connectivity index (χ2v) is 12.5. The van der Waals surface area contributed by atoms with Gasteiger partial charge in [-0.2, -0.15) is 0 Å². The van der Waals surface area contributed by atoms with E-state index in [0.29, 0.717) is 54.2 Å². The number of aliphatic hydroxyl groups is 1. The van der Waals surface area contributed by atoms with E-state index in [2.05, 4.69) is 15.2 Å². The molecule has 6 heterocycles. The number of pyridine rings is 2. The Hall–Kier alpha value is -3.96. The lowest BCUT2D eigenvalue weighted by Gasteiger charge is -2.33. The quantitative estimate of drug-likeness (QED) is 0.292. The number of fused-ring (bicyclic) bond motifs is 5. The van der Waals surface area contributed by atoms with Crippen molar-refractivity contribution >= 4 is 16.9 Å². The lowest BCUT2D eigenvalue weighted by Crippen LogP contribution is -2.42. The number of carbonyl (C=O) groups excluding carboxylic acids is 1. The summed E-state index contributed by atoms with van der Waals surface area (Å²) in [5.41, 5.74) is 6.32. The van der Waals surface area contributed by atoms with E-state index in [1.54, 1.807) is 6.92 Å². The number of carbonyl (C=O) groups is 1. The molecule has 1 saturated heterocycles. The topological polar surface area (TPSA) is 122 Å². The van der Waals surface area contributed by atoms with E-state index >= 15 is 0 Å². The van der Waals surface area contributed by atoms with Crippen LogP contribution in [-0.2, 0) is 41.2 Å². The van der Waals surface area contributed by atoms with Crippen molar-refractivity contribution in [3.63, 3.8) is 0 Å². The summed E-state index contributed by atoms with van der Waals surface area (Å²) in [6.45, 7) is 9.29. The van der Waals surface area contributed by atoms with Gasteiger partial charge in [0.2, 0.25) is 0 Å². The summed E-state index contributed by atoms with van der Waals surface area (Å²) in [5, 5.41) is 28.3. The molecular formula is C32H36FN7O3. The number of cyclic esters (lactones) is 1. The van der Waals surface area contributed by atoms with Gasteiger partial charge < -0.3 is 14.4 Å². The summed E-state index contributed by atoms with van der Waals surface area (Å²) >= 11 is 0. The van der Waals surface area contributed by atoms with Crippen LogP contribution in [0.25, 0.3) is 22.3 Å². The van der Waals surface area contributed by atoms with Crippen molar-refractivity contribution in [1.82, 2.24) is 29.4 Å². The van der Waals surface area contributed by atoms with Crippen LogP contribution in [0.5, 0.6) is 0 Å². The maximum atomic E-state index is 14.8. The number of benzene rings is 1. The highest BCUT2D eigenvalue weighted by molar-refractivity contribution is 5.89. The number of likely N-dealkylation sites (tertiary alicyclic amines) is 1. The molecule has 7 rings (SSSR count). The molecule has 0 spiro atoms. The van der Waals surface area contributed by atoms with Gasteiger partial charge in [-0.25, -0.2) is 14.1 Å². The molecule has 0 saturated carbocycles. The number of aromatic nitrogens is 5.